The molecule has 0 saturated carbocycles. The van der Waals surface area contributed by atoms with E-state index in [1.165, 1.54) is 40.8 Å². The predicted molar refractivity (Wildman–Crippen MR) is 303 cm³/mol. The number of anilines is 2. The Morgan fingerprint density at radius 2 is 0.887 bits per heavy atom. The van der Waals surface area contributed by atoms with E-state index >= 15 is 0 Å². The van der Waals surface area contributed by atoms with Crippen molar-refractivity contribution in [2.75, 3.05) is 80.7 Å². The Balaban J connectivity index is 0.000000340. The van der Waals surface area contributed by atoms with Crippen molar-refractivity contribution in [3.8, 4) is 46.0 Å². The van der Waals surface area contributed by atoms with Crippen LogP contribution in [0.2, 0.25) is 0 Å². The average Bonchev–Trinajstić information content (AvgIpc) is 3.70. The fourth-order valence-electron chi connectivity index (χ4n) is 8.36. The fourth-order valence-corrected chi connectivity index (χ4v) is 8.36. The number of amides is 3. The number of carbonyl (C=O) groups excluding carboxylic acids is 4. The van der Waals surface area contributed by atoms with Crippen LogP contribution in [-0.2, 0) is 41.6 Å². The van der Waals surface area contributed by atoms with E-state index < -0.39 is 35.9 Å². The molecule has 0 unspecified atom stereocenters. The quantitative estimate of drug-likeness (QED) is 0.0533. The van der Waals surface area contributed by atoms with Crippen LogP contribution in [0.4, 0.5) is 21.0 Å². The highest BCUT2D eigenvalue weighted by Crippen LogP contribution is 2.49. The normalized spacial score (nSPS) is 13.7. The Hall–Kier alpha value is -8.66. The SMILES string of the molecule is C.COc1ccc(C2=C/C(=N/OCC(=O)NO)CCc3c2cc(OC)c(OC)c3OC)cc1NC(=O)OC(C)(C)C.COc1ccc(C2=C/C(=N/OCC(C)=O)CCc3c2cc(OC)c(OC)c3OC)cc1NC(=O)OC(C)(C)C. The van der Waals surface area contributed by atoms with E-state index in [9.17, 15) is 19.2 Å². The van der Waals surface area contributed by atoms with Crippen molar-refractivity contribution in [1.29, 1.82) is 0 Å². The van der Waals surface area contributed by atoms with E-state index in [2.05, 4.69) is 20.9 Å². The first-order valence-corrected chi connectivity index (χ1v) is 24.8. The predicted octanol–water partition coefficient (Wildman–Crippen LogP) is 10.4. The van der Waals surface area contributed by atoms with Crippen molar-refractivity contribution in [2.45, 2.75) is 92.8 Å². The number of nitrogens with one attached hydrogen (secondary N) is 3. The number of Topliss-reactive ketones (excluding diaryl/α,β-unsaturated/α-hetero) is 1. The number of rotatable bonds is 18. The van der Waals surface area contributed by atoms with Crippen LogP contribution < -0.4 is 54.0 Å². The molecule has 0 heterocycles. The summed E-state index contributed by atoms with van der Waals surface area (Å²) in [6, 6.07) is 14.5. The minimum atomic E-state index is -0.741. The minimum Gasteiger partial charge on any atom is -0.495 e. The maximum Gasteiger partial charge on any atom is 0.412 e. The molecule has 0 bridgehead atoms. The lowest BCUT2D eigenvalue weighted by atomic mass is 9.92. The van der Waals surface area contributed by atoms with Gasteiger partial charge in [-0.2, -0.15) is 0 Å². The molecule has 80 heavy (non-hydrogen) atoms. The highest BCUT2D eigenvalue weighted by atomic mass is 16.6. The van der Waals surface area contributed by atoms with Gasteiger partial charge >= 0.3 is 12.2 Å². The second-order valence-electron chi connectivity index (χ2n) is 19.5. The van der Waals surface area contributed by atoms with E-state index in [0.29, 0.717) is 106 Å². The number of methoxy groups -OCH3 is 8. The molecule has 434 valence electrons. The third-order valence-corrected chi connectivity index (χ3v) is 11.6. The molecule has 0 aromatic heterocycles. The zero-order valence-electron chi connectivity index (χ0n) is 47.4. The molecular weight excluding hydrogens is 1040 g/mol. The first-order chi connectivity index (χ1) is 37.5. The van der Waals surface area contributed by atoms with Crippen molar-refractivity contribution in [1.82, 2.24) is 5.48 Å². The number of benzene rings is 4. The zero-order valence-corrected chi connectivity index (χ0v) is 47.4. The molecule has 3 amide bonds. The molecule has 4 aromatic carbocycles. The molecule has 0 atom stereocenters. The number of hydrogen-bond acceptors (Lipinski definition) is 19. The molecule has 0 saturated heterocycles. The smallest absolute Gasteiger partial charge is 0.412 e. The highest BCUT2D eigenvalue weighted by Gasteiger charge is 2.29. The summed E-state index contributed by atoms with van der Waals surface area (Å²) in [6.07, 6.45) is 4.45. The standard InChI is InChI=1S/C29H36N2O8.C28H35N3O9.CH4/c1-17(32)16-38-31-19-10-11-20-22(15-25(35-6)27(37-8)26(20)36-7)21(14-19)18-9-12-24(34-5)23(13-18)30-28(33)39-29(2,3)4;1-28(2,3)40-27(33)29-21-12-16(8-11-22(21)35-4)19-13-17(31-39-15-24(32)30-34)9-10-18-20(19)14-23(36-5)26(38-7)25(18)37-6;/h9,12-15H,10-11,16H2,1-8H3,(H,30,33);8,11-14,34H,9-10,15H2,1-7H3,(H,29,33)(H,30,32);1H4/b31-19+;31-17+;. The van der Waals surface area contributed by atoms with Crippen LogP contribution in [0.1, 0.15) is 102 Å². The van der Waals surface area contributed by atoms with Crippen molar-refractivity contribution in [2.24, 2.45) is 10.3 Å². The number of ketones is 1. The Morgan fingerprint density at radius 1 is 0.512 bits per heavy atom. The number of nitrogens with zero attached hydrogens (tertiary/aromatic N) is 2. The van der Waals surface area contributed by atoms with Gasteiger partial charge in [0.25, 0.3) is 5.91 Å². The maximum absolute atomic E-state index is 12.6. The summed E-state index contributed by atoms with van der Waals surface area (Å²) in [5.41, 5.74) is 8.35. The summed E-state index contributed by atoms with van der Waals surface area (Å²) in [6.45, 7) is 11.5. The topological polar surface area (TPSA) is 260 Å². The Bertz CT molecular complexity index is 3000. The van der Waals surface area contributed by atoms with Crippen molar-refractivity contribution in [3.63, 3.8) is 0 Å². The number of hydroxylamine groups is 1. The molecule has 6 rings (SSSR count). The monoisotopic (exact) mass is 1110 g/mol. The molecular formula is C58H75N5O17. The highest BCUT2D eigenvalue weighted by molar-refractivity contribution is 6.07. The minimum absolute atomic E-state index is 0. The van der Waals surface area contributed by atoms with Crippen LogP contribution in [0.3, 0.4) is 0 Å². The van der Waals surface area contributed by atoms with E-state index in [-0.39, 0.29) is 19.8 Å². The molecule has 0 spiro atoms. The first-order valence-electron chi connectivity index (χ1n) is 24.8. The van der Waals surface area contributed by atoms with Gasteiger partial charge in [-0.15, -0.1) is 0 Å². The fraction of sp³-hybridized carbons (Fsp3) is 0.414. The third kappa shape index (κ3) is 16.7. The van der Waals surface area contributed by atoms with Crippen LogP contribution >= 0.6 is 0 Å². The number of carbonyl (C=O) groups is 4. The first kappa shape index (κ1) is 63.9. The Morgan fingerprint density at radius 3 is 1.21 bits per heavy atom. The molecule has 2 aliphatic rings. The van der Waals surface area contributed by atoms with Gasteiger partial charge in [0.1, 0.15) is 22.7 Å². The second kappa shape index (κ2) is 28.8. The van der Waals surface area contributed by atoms with Crippen LogP contribution in [0.15, 0.2) is 71.0 Å². The lowest BCUT2D eigenvalue weighted by molar-refractivity contribution is -0.134. The van der Waals surface area contributed by atoms with Gasteiger partial charge in [0.05, 0.1) is 79.7 Å². The van der Waals surface area contributed by atoms with Crippen molar-refractivity contribution in [3.05, 3.63) is 94.1 Å². The Labute approximate surface area is 467 Å². The van der Waals surface area contributed by atoms with E-state index in [0.717, 1.165) is 33.4 Å². The maximum atomic E-state index is 12.6. The number of allylic oxidation sites excluding steroid dienone is 2. The van der Waals surface area contributed by atoms with Gasteiger partial charge in [-0.1, -0.05) is 29.9 Å². The third-order valence-electron chi connectivity index (χ3n) is 11.6. The van der Waals surface area contributed by atoms with Gasteiger partial charge < -0.3 is 57.0 Å². The molecule has 4 N–H and O–H groups in total. The summed E-state index contributed by atoms with van der Waals surface area (Å²) in [7, 11) is 12.3. The molecule has 2 aliphatic carbocycles. The van der Waals surface area contributed by atoms with Crippen molar-refractivity contribution >= 4 is 57.8 Å². The molecule has 4 aromatic rings. The lowest BCUT2D eigenvalue weighted by Gasteiger charge is -2.22. The van der Waals surface area contributed by atoms with E-state index in [4.69, 9.17) is 62.3 Å². The summed E-state index contributed by atoms with van der Waals surface area (Å²) in [4.78, 5) is 58.5. The molecule has 0 aliphatic heterocycles. The average molecular weight is 1110 g/mol. The number of fused-ring (bicyclic) bond motifs is 2. The van der Waals surface area contributed by atoms with Gasteiger partial charge in [-0.05, 0) is 156 Å². The van der Waals surface area contributed by atoms with Gasteiger partial charge in [0.15, 0.2) is 42.0 Å². The summed E-state index contributed by atoms with van der Waals surface area (Å²) in [5, 5.41) is 22.6. The largest absolute Gasteiger partial charge is 0.495 e. The second-order valence-corrected chi connectivity index (χ2v) is 19.5. The van der Waals surface area contributed by atoms with Gasteiger partial charge in [-0.3, -0.25) is 25.4 Å². The van der Waals surface area contributed by atoms with E-state index in [1.54, 1.807) is 94.2 Å². The molecule has 22 nitrogen and oxygen atoms in total. The summed E-state index contributed by atoms with van der Waals surface area (Å²) >= 11 is 0. The summed E-state index contributed by atoms with van der Waals surface area (Å²) < 4.78 is 55.8. The lowest BCUT2D eigenvalue weighted by Crippen LogP contribution is -2.27. The molecule has 0 fully saturated rings. The zero-order chi connectivity index (χ0) is 58.2. The number of oxime groups is 2. The van der Waals surface area contributed by atoms with Crippen LogP contribution in [0, 0.1) is 0 Å². The van der Waals surface area contributed by atoms with Gasteiger partial charge in [-0.25, -0.2) is 15.1 Å². The molecule has 0 radical (unpaired) electrons. The summed E-state index contributed by atoms with van der Waals surface area (Å²) in [5.74, 6) is 2.95. The van der Waals surface area contributed by atoms with Crippen LogP contribution in [-0.4, -0.2) is 122 Å². The molecule has 22 heteroatoms. The van der Waals surface area contributed by atoms with Crippen LogP contribution in [0.5, 0.6) is 46.0 Å². The number of hydrogen-bond donors (Lipinski definition) is 4. The number of ether oxygens (including phenoxy) is 10. The van der Waals surface area contributed by atoms with Crippen LogP contribution in [0.25, 0.3) is 11.1 Å². The van der Waals surface area contributed by atoms with Gasteiger partial charge in [0.2, 0.25) is 11.5 Å². The van der Waals surface area contributed by atoms with E-state index in [1.807, 2.05) is 36.4 Å². The van der Waals surface area contributed by atoms with Gasteiger partial charge in [0, 0.05) is 11.1 Å². The Kier molecular flexibility index (Phi) is 23.0. The van der Waals surface area contributed by atoms with Crippen molar-refractivity contribution < 1.29 is 81.4 Å².